The Hall–Kier alpha value is -3.48. The summed E-state index contributed by atoms with van der Waals surface area (Å²) in [4.78, 5) is 20.3. The maximum Gasteiger partial charge on any atom is 0.251 e. The molecule has 0 saturated heterocycles. The fraction of sp³-hybridized carbons (Fsp3) is 0.150. The Morgan fingerprint density at radius 2 is 1.78 bits per heavy atom. The van der Waals surface area contributed by atoms with Crippen LogP contribution in [0, 0.1) is 5.82 Å². The van der Waals surface area contributed by atoms with E-state index in [1.165, 1.54) is 12.1 Å². The number of nitrogens with zero attached hydrogens (tertiary/aromatic N) is 2. The van der Waals surface area contributed by atoms with E-state index >= 15 is 0 Å². The highest BCUT2D eigenvalue weighted by molar-refractivity contribution is 5.94. The summed E-state index contributed by atoms with van der Waals surface area (Å²) < 4.78 is 18.6. The van der Waals surface area contributed by atoms with Crippen LogP contribution in [0.2, 0.25) is 0 Å². The number of benzene rings is 2. The number of halogens is 1. The number of aromatic nitrogens is 2. The van der Waals surface area contributed by atoms with Gasteiger partial charge in [0.25, 0.3) is 5.91 Å². The highest BCUT2D eigenvalue weighted by Gasteiger charge is 2.06. The van der Waals surface area contributed by atoms with E-state index in [0.29, 0.717) is 37.0 Å². The Kier molecular flexibility index (Phi) is 6.30. The minimum atomic E-state index is -0.286. The highest BCUT2D eigenvalue weighted by Crippen LogP contribution is 2.15. The van der Waals surface area contributed by atoms with Crippen molar-refractivity contribution in [2.24, 2.45) is 0 Å². The van der Waals surface area contributed by atoms with Crippen molar-refractivity contribution in [2.45, 2.75) is 6.61 Å². The molecule has 3 rings (SSSR count). The number of carbonyl (C=O) groups excluding carboxylic acids is 1. The molecule has 1 aromatic heterocycles. The van der Waals surface area contributed by atoms with Crippen molar-refractivity contribution in [1.29, 1.82) is 0 Å². The van der Waals surface area contributed by atoms with Gasteiger partial charge in [-0.25, -0.2) is 14.4 Å². The molecular formula is C20H19FN4O2. The molecule has 3 aromatic rings. The van der Waals surface area contributed by atoms with E-state index < -0.39 is 0 Å². The number of ether oxygens (including phenoxy) is 1. The molecule has 0 fully saturated rings. The van der Waals surface area contributed by atoms with Crippen molar-refractivity contribution in [3.8, 4) is 5.75 Å². The van der Waals surface area contributed by atoms with Gasteiger partial charge in [0.15, 0.2) is 0 Å². The zero-order chi connectivity index (χ0) is 18.9. The maximum atomic E-state index is 12.9. The van der Waals surface area contributed by atoms with E-state index in [1.54, 1.807) is 54.9 Å². The van der Waals surface area contributed by atoms with E-state index in [0.717, 1.165) is 5.56 Å². The van der Waals surface area contributed by atoms with Gasteiger partial charge in [0.1, 0.15) is 18.2 Å². The first kappa shape index (κ1) is 18.3. The Bertz CT molecular complexity index is 873. The Morgan fingerprint density at radius 3 is 2.56 bits per heavy atom. The Balaban J connectivity index is 1.47. The van der Waals surface area contributed by atoms with Gasteiger partial charge in [-0.05, 0) is 42.0 Å². The first-order valence-corrected chi connectivity index (χ1v) is 8.47. The van der Waals surface area contributed by atoms with Crippen molar-refractivity contribution < 1.29 is 13.9 Å². The van der Waals surface area contributed by atoms with Crippen LogP contribution in [0.1, 0.15) is 15.9 Å². The third kappa shape index (κ3) is 5.78. The minimum absolute atomic E-state index is 0.196. The predicted molar refractivity (Wildman–Crippen MR) is 100 cm³/mol. The lowest BCUT2D eigenvalue weighted by Crippen LogP contribution is -2.29. The second-order valence-corrected chi connectivity index (χ2v) is 5.70. The molecule has 2 N–H and O–H groups in total. The summed E-state index contributed by atoms with van der Waals surface area (Å²) in [6.45, 7) is 1.24. The smallest absolute Gasteiger partial charge is 0.251 e. The third-order valence-electron chi connectivity index (χ3n) is 3.67. The molecule has 0 saturated carbocycles. The van der Waals surface area contributed by atoms with Gasteiger partial charge < -0.3 is 15.4 Å². The summed E-state index contributed by atoms with van der Waals surface area (Å²) in [6.07, 6.45) is 3.29. The number of amides is 1. The normalized spacial score (nSPS) is 10.3. The van der Waals surface area contributed by atoms with Gasteiger partial charge in [-0.3, -0.25) is 4.79 Å². The maximum absolute atomic E-state index is 12.9. The lowest BCUT2D eigenvalue weighted by Gasteiger charge is -2.09. The third-order valence-corrected chi connectivity index (χ3v) is 3.67. The average Bonchev–Trinajstić information content (AvgIpc) is 2.71. The molecule has 1 heterocycles. The zero-order valence-corrected chi connectivity index (χ0v) is 14.6. The molecular weight excluding hydrogens is 347 g/mol. The summed E-state index contributed by atoms with van der Waals surface area (Å²) in [5, 5.41) is 5.84. The molecule has 6 nitrogen and oxygen atoms in total. The van der Waals surface area contributed by atoms with Gasteiger partial charge in [0.2, 0.25) is 5.95 Å². The number of carbonyl (C=O) groups is 1. The second kappa shape index (κ2) is 9.28. The first-order chi connectivity index (χ1) is 13.2. The fourth-order valence-electron chi connectivity index (χ4n) is 2.32. The van der Waals surface area contributed by atoms with Crippen LogP contribution < -0.4 is 15.4 Å². The molecule has 0 radical (unpaired) electrons. The van der Waals surface area contributed by atoms with Crippen molar-refractivity contribution in [3.63, 3.8) is 0 Å². The van der Waals surface area contributed by atoms with E-state index in [1.807, 2.05) is 0 Å². The summed E-state index contributed by atoms with van der Waals surface area (Å²) in [6, 6.07) is 14.7. The first-order valence-electron chi connectivity index (χ1n) is 8.47. The molecule has 0 aliphatic heterocycles. The largest absolute Gasteiger partial charge is 0.489 e. The molecule has 0 aliphatic rings. The van der Waals surface area contributed by atoms with Crippen molar-refractivity contribution in [2.75, 3.05) is 18.4 Å². The summed E-state index contributed by atoms with van der Waals surface area (Å²) in [5.41, 5.74) is 1.35. The Morgan fingerprint density at radius 1 is 1.00 bits per heavy atom. The van der Waals surface area contributed by atoms with Gasteiger partial charge in [-0.2, -0.15) is 0 Å². The van der Waals surface area contributed by atoms with E-state index in [2.05, 4.69) is 20.6 Å². The molecule has 7 heteroatoms. The lowest BCUT2D eigenvalue weighted by atomic mass is 10.2. The quantitative estimate of drug-likeness (QED) is 0.600. The molecule has 1 amide bonds. The van der Waals surface area contributed by atoms with Crippen molar-refractivity contribution in [1.82, 2.24) is 15.3 Å². The van der Waals surface area contributed by atoms with Gasteiger partial charge >= 0.3 is 0 Å². The molecule has 138 valence electrons. The zero-order valence-electron chi connectivity index (χ0n) is 14.6. The highest BCUT2D eigenvalue weighted by atomic mass is 19.1. The molecule has 0 bridgehead atoms. The molecule has 0 atom stereocenters. The standard InChI is InChI=1S/C20H19FN4O2/c21-17-7-5-15(6-8-17)14-27-18-4-1-3-16(13-18)19(26)22-11-12-25-20-23-9-2-10-24-20/h1-10,13H,11-12,14H2,(H,22,26)(H,23,24,25). The van der Waals surface area contributed by atoms with Crippen LogP contribution in [-0.2, 0) is 6.61 Å². The number of hydrogen-bond acceptors (Lipinski definition) is 5. The molecule has 27 heavy (non-hydrogen) atoms. The van der Waals surface area contributed by atoms with Gasteiger partial charge in [0, 0.05) is 31.0 Å². The monoisotopic (exact) mass is 366 g/mol. The number of hydrogen-bond donors (Lipinski definition) is 2. The Labute approximate surface area is 156 Å². The van der Waals surface area contributed by atoms with Crippen LogP contribution in [0.5, 0.6) is 5.75 Å². The summed E-state index contributed by atoms with van der Waals surface area (Å²) in [7, 11) is 0. The van der Waals surface area contributed by atoms with Crippen LogP contribution in [0.25, 0.3) is 0 Å². The molecule has 0 aliphatic carbocycles. The van der Waals surface area contributed by atoms with E-state index in [4.69, 9.17) is 4.74 Å². The summed E-state index contributed by atoms with van der Waals surface area (Å²) in [5.74, 6) is 0.606. The minimum Gasteiger partial charge on any atom is -0.489 e. The topological polar surface area (TPSA) is 76.1 Å². The van der Waals surface area contributed by atoms with Crippen LogP contribution >= 0.6 is 0 Å². The van der Waals surface area contributed by atoms with Crippen LogP contribution in [0.4, 0.5) is 10.3 Å². The second-order valence-electron chi connectivity index (χ2n) is 5.70. The van der Waals surface area contributed by atoms with E-state index in [-0.39, 0.29) is 11.7 Å². The van der Waals surface area contributed by atoms with Crippen LogP contribution in [-0.4, -0.2) is 29.0 Å². The van der Waals surface area contributed by atoms with Crippen LogP contribution in [0.15, 0.2) is 67.0 Å². The van der Waals surface area contributed by atoms with Gasteiger partial charge in [0.05, 0.1) is 0 Å². The van der Waals surface area contributed by atoms with Gasteiger partial charge in [-0.15, -0.1) is 0 Å². The number of anilines is 1. The van der Waals surface area contributed by atoms with Crippen LogP contribution in [0.3, 0.4) is 0 Å². The summed E-state index contributed by atoms with van der Waals surface area (Å²) >= 11 is 0. The molecule has 2 aromatic carbocycles. The van der Waals surface area contributed by atoms with E-state index in [9.17, 15) is 9.18 Å². The average molecular weight is 366 g/mol. The van der Waals surface area contributed by atoms with Gasteiger partial charge in [-0.1, -0.05) is 18.2 Å². The van der Waals surface area contributed by atoms with Crippen molar-refractivity contribution in [3.05, 3.63) is 83.9 Å². The predicted octanol–water partition coefficient (Wildman–Crippen LogP) is 3.04. The fourth-order valence-corrected chi connectivity index (χ4v) is 2.32. The number of rotatable bonds is 8. The van der Waals surface area contributed by atoms with Crippen molar-refractivity contribution >= 4 is 11.9 Å². The SMILES string of the molecule is O=C(NCCNc1ncccn1)c1cccc(OCc2ccc(F)cc2)c1. The molecule has 0 unspecified atom stereocenters. The lowest BCUT2D eigenvalue weighted by molar-refractivity contribution is 0.0954. The molecule has 0 spiro atoms. The number of nitrogens with one attached hydrogen (secondary N) is 2.